The zero-order valence-corrected chi connectivity index (χ0v) is 7.89. The van der Waals surface area contributed by atoms with E-state index in [1.165, 1.54) is 6.26 Å². The third-order valence-corrected chi connectivity index (χ3v) is 2.19. The van der Waals surface area contributed by atoms with Gasteiger partial charge in [-0.15, -0.1) is 0 Å². The molecular formula is C9H4Cl2O2. The summed E-state index contributed by atoms with van der Waals surface area (Å²) in [5.74, 6) is 0. The van der Waals surface area contributed by atoms with Crippen LogP contribution in [0.2, 0.25) is 5.02 Å². The number of benzene rings is 1. The minimum absolute atomic E-state index is 0.346. The van der Waals surface area contributed by atoms with Crippen LogP contribution in [-0.2, 0) is 0 Å². The first kappa shape index (κ1) is 8.60. The molecule has 0 aliphatic heterocycles. The molecule has 0 aliphatic rings. The van der Waals surface area contributed by atoms with Gasteiger partial charge in [0.1, 0.15) is 11.8 Å². The monoisotopic (exact) mass is 214 g/mol. The van der Waals surface area contributed by atoms with Crippen molar-refractivity contribution in [2.24, 2.45) is 0 Å². The first-order chi connectivity index (χ1) is 6.18. The number of furan rings is 1. The highest BCUT2D eigenvalue weighted by atomic mass is 35.5. The van der Waals surface area contributed by atoms with Gasteiger partial charge in [0.15, 0.2) is 0 Å². The van der Waals surface area contributed by atoms with Crippen molar-refractivity contribution in [3.05, 3.63) is 35.0 Å². The van der Waals surface area contributed by atoms with E-state index in [-0.39, 0.29) is 0 Å². The van der Waals surface area contributed by atoms with E-state index in [0.717, 1.165) is 0 Å². The highest BCUT2D eigenvalue weighted by Gasteiger charge is 2.11. The van der Waals surface area contributed by atoms with Crippen molar-refractivity contribution >= 4 is 39.4 Å². The summed E-state index contributed by atoms with van der Waals surface area (Å²) in [6.07, 6.45) is 1.33. The molecule has 66 valence electrons. The summed E-state index contributed by atoms with van der Waals surface area (Å²) in [5.41, 5.74) is 0.951. The fourth-order valence-electron chi connectivity index (χ4n) is 1.15. The molecule has 4 heteroatoms. The van der Waals surface area contributed by atoms with Gasteiger partial charge in [0.25, 0.3) is 5.24 Å². The number of rotatable bonds is 1. The summed E-state index contributed by atoms with van der Waals surface area (Å²) in [4.78, 5) is 10.9. The average Bonchev–Trinajstić information content (AvgIpc) is 2.46. The van der Waals surface area contributed by atoms with Crippen molar-refractivity contribution in [2.75, 3.05) is 0 Å². The van der Waals surface area contributed by atoms with E-state index in [0.29, 0.717) is 21.6 Å². The Morgan fingerprint density at radius 3 is 2.85 bits per heavy atom. The first-order valence-electron chi connectivity index (χ1n) is 3.55. The fraction of sp³-hybridized carbons (Fsp3) is 0. The molecule has 1 aromatic carbocycles. The Kier molecular flexibility index (Phi) is 2.02. The Morgan fingerprint density at radius 2 is 2.15 bits per heavy atom. The van der Waals surface area contributed by atoms with E-state index in [1.807, 2.05) is 0 Å². The molecule has 0 N–H and O–H groups in total. The Labute approximate surface area is 84.0 Å². The van der Waals surface area contributed by atoms with E-state index in [2.05, 4.69) is 0 Å². The summed E-state index contributed by atoms with van der Waals surface area (Å²) in [7, 11) is 0. The molecule has 0 radical (unpaired) electrons. The normalized spacial score (nSPS) is 10.6. The highest BCUT2D eigenvalue weighted by Crippen LogP contribution is 2.25. The van der Waals surface area contributed by atoms with Crippen molar-refractivity contribution in [1.82, 2.24) is 0 Å². The van der Waals surface area contributed by atoms with Gasteiger partial charge in [-0.1, -0.05) is 11.6 Å². The lowest BCUT2D eigenvalue weighted by Gasteiger charge is -1.90. The molecule has 1 heterocycles. The summed E-state index contributed by atoms with van der Waals surface area (Å²) in [5, 5.41) is 0.654. The molecular weight excluding hydrogens is 211 g/mol. The SMILES string of the molecule is O=C(Cl)c1coc2ccc(Cl)cc12. The van der Waals surface area contributed by atoms with Crippen LogP contribution in [0, 0.1) is 0 Å². The smallest absolute Gasteiger partial charge is 0.256 e. The van der Waals surface area contributed by atoms with Crippen LogP contribution in [0.3, 0.4) is 0 Å². The molecule has 13 heavy (non-hydrogen) atoms. The zero-order valence-electron chi connectivity index (χ0n) is 6.38. The predicted octanol–water partition coefficient (Wildman–Crippen LogP) is 3.47. The summed E-state index contributed by atoms with van der Waals surface area (Å²) in [6.45, 7) is 0. The van der Waals surface area contributed by atoms with Crippen LogP contribution < -0.4 is 0 Å². The molecule has 0 unspecified atom stereocenters. The Hall–Kier alpha value is -0.990. The quantitative estimate of drug-likeness (QED) is 0.681. The molecule has 0 atom stereocenters. The van der Waals surface area contributed by atoms with E-state index in [9.17, 15) is 4.79 Å². The summed E-state index contributed by atoms with van der Waals surface area (Å²) in [6, 6.07) is 5.03. The number of carbonyl (C=O) groups is 1. The van der Waals surface area contributed by atoms with Crippen LogP contribution in [0.25, 0.3) is 11.0 Å². The van der Waals surface area contributed by atoms with E-state index < -0.39 is 5.24 Å². The lowest BCUT2D eigenvalue weighted by Crippen LogP contribution is -1.84. The molecule has 0 amide bonds. The number of carbonyl (C=O) groups excluding carboxylic acids is 1. The minimum atomic E-state index is -0.541. The molecule has 1 aromatic heterocycles. The maximum absolute atomic E-state index is 10.9. The average molecular weight is 215 g/mol. The van der Waals surface area contributed by atoms with Crippen molar-refractivity contribution in [2.45, 2.75) is 0 Å². The van der Waals surface area contributed by atoms with Crippen LogP contribution in [0.4, 0.5) is 0 Å². The van der Waals surface area contributed by atoms with E-state index in [4.69, 9.17) is 27.6 Å². The zero-order chi connectivity index (χ0) is 9.42. The number of hydrogen-bond acceptors (Lipinski definition) is 2. The van der Waals surface area contributed by atoms with Crippen molar-refractivity contribution in [1.29, 1.82) is 0 Å². The van der Waals surface area contributed by atoms with Crippen molar-refractivity contribution in [3.8, 4) is 0 Å². The fourth-order valence-corrected chi connectivity index (χ4v) is 1.47. The lowest BCUT2D eigenvalue weighted by molar-refractivity contribution is 0.108. The molecule has 2 rings (SSSR count). The van der Waals surface area contributed by atoms with E-state index in [1.54, 1.807) is 18.2 Å². The first-order valence-corrected chi connectivity index (χ1v) is 4.30. The minimum Gasteiger partial charge on any atom is -0.464 e. The van der Waals surface area contributed by atoms with Crippen molar-refractivity contribution < 1.29 is 9.21 Å². The van der Waals surface area contributed by atoms with Crippen LogP contribution in [0.1, 0.15) is 10.4 Å². The number of fused-ring (bicyclic) bond motifs is 1. The Morgan fingerprint density at radius 1 is 1.38 bits per heavy atom. The molecule has 0 saturated carbocycles. The number of hydrogen-bond donors (Lipinski definition) is 0. The summed E-state index contributed by atoms with van der Waals surface area (Å²) < 4.78 is 5.10. The van der Waals surface area contributed by atoms with Gasteiger partial charge < -0.3 is 4.42 Å². The van der Waals surface area contributed by atoms with Gasteiger partial charge in [0.2, 0.25) is 0 Å². The molecule has 0 saturated heterocycles. The van der Waals surface area contributed by atoms with Crippen LogP contribution in [-0.4, -0.2) is 5.24 Å². The maximum Gasteiger partial charge on any atom is 0.256 e. The highest BCUT2D eigenvalue weighted by molar-refractivity contribution is 6.68. The van der Waals surface area contributed by atoms with Gasteiger partial charge in [-0.2, -0.15) is 0 Å². The number of halogens is 2. The van der Waals surface area contributed by atoms with Gasteiger partial charge >= 0.3 is 0 Å². The third-order valence-electron chi connectivity index (χ3n) is 1.75. The molecule has 0 fully saturated rings. The summed E-state index contributed by atoms with van der Waals surface area (Å²) >= 11 is 11.1. The topological polar surface area (TPSA) is 30.2 Å². The molecule has 0 spiro atoms. The standard InChI is InChI=1S/C9H4Cl2O2/c10-5-1-2-8-6(3-5)7(4-13-8)9(11)12/h1-4H. The van der Waals surface area contributed by atoms with Crippen molar-refractivity contribution in [3.63, 3.8) is 0 Å². The van der Waals surface area contributed by atoms with Gasteiger partial charge in [-0.05, 0) is 29.8 Å². The Bertz CT molecular complexity index is 473. The van der Waals surface area contributed by atoms with Gasteiger partial charge in [-0.3, -0.25) is 4.79 Å². The van der Waals surface area contributed by atoms with E-state index >= 15 is 0 Å². The van der Waals surface area contributed by atoms with Gasteiger partial charge in [0.05, 0.1) is 5.56 Å². The maximum atomic E-state index is 10.9. The van der Waals surface area contributed by atoms with Gasteiger partial charge in [0, 0.05) is 10.4 Å². The molecule has 2 aromatic rings. The second kappa shape index (κ2) is 3.05. The van der Waals surface area contributed by atoms with Crippen LogP contribution >= 0.6 is 23.2 Å². The Balaban J connectivity index is 2.79. The van der Waals surface area contributed by atoms with Crippen LogP contribution in [0.15, 0.2) is 28.9 Å². The molecule has 2 nitrogen and oxygen atoms in total. The second-order valence-corrected chi connectivity index (χ2v) is 3.34. The predicted molar refractivity (Wildman–Crippen MR) is 51.4 cm³/mol. The second-order valence-electron chi connectivity index (χ2n) is 2.56. The third kappa shape index (κ3) is 1.43. The van der Waals surface area contributed by atoms with Gasteiger partial charge in [-0.25, -0.2) is 0 Å². The largest absolute Gasteiger partial charge is 0.464 e. The molecule has 0 bridgehead atoms. The molecule has 0 aliphatic carbocycles. The van der Waals surface area contributed by atoms with Crippen LogP contribution in [0.5, 0.6) is 0 Å². The lowest BCUT2D eigenvalue weighted by atomic mass is 10.2.